The first-order valence-electron chi connectivity index (χ1n) is 5.43. The topological polar surface area (TPSA) is 46.5 Å². The fourth-order valence-electron chi connectivity index (χ4n) is 1.80. The van der Waals surface area contributed by atoms with Gasteiger partial charge in [-0.2, -0.15) is 0 Å². The molecule has 0 aliphatic heterocycles. The van der Waals surface area contributed by atoms with Crippen LogP contribution in [0.1, 0.15) is 47.7 Å². The molecule has 88 valence electrons. The Labute approximate surface area is 96.1 Å². The molecule has 3 heteroatoms. The fraction of sp³-hybridized carbons (Fsp3) is 0.462. The second kappa shape index (κ2) is 5.01. The lowest BCUT2D eigenvalue weighted by atomic mass is 9.90. The van der Waals surface area contributed by atoms with Crippen LogP contribution in [-0.4, -0.2) is 18.2 Å². The predicted molar refractivity (Wildman–Crippen MR) is 63.4 cm³/mol. The highest BCUT2D eigenvalue weighted by Crippen LogP contribution is 2.29. The minimum atomic E-state index is -0.865. The Morgan fingerprint density at radius 1 is 1.50 bits per heavy atom. The molecule has 0 heterocycles. The van der Waals surface area contributed by atoms with Gasteiger partial charge in [0.2, 0.25) is 0 Å². The zero-order valence-electron chi connectivity index (χ0n) is 10.2. The number of methoxy groups -OCH3 is 1. The number of hydrogen-bond donors (Lipinski definition) is 1. The van der Waals surface area contributed by atoms with E-state index in [1.54, 1.807) is 20.1 Å². The van der Waals surface area contributed by atoms with Crippen molar-refractivity contribution in [1.29, 1.82) is 0 Å². The Morgan fingerprint density at radius 3 is 2.56 bits per heavy atom. The number of ether oxygens (including phenoxy) is 1. The summed E-state index contributed by atoms with van der Waals surface area (Å²) in [6.45, 7) is 5.88. The molecule has 0 saturated carbocycles. The minimum Gasteiger partial charge on any atom is -0.497 e. The zero-order chi connectivity index (χ0) is 12.3. The van der Waals surface area contributed by atoms with Crippen LogP contribution >= 0.6 is 0 Å². The van der Waals surface area contributed by atoms with E-state index in [9.17, 15) is 9.90 Å². The lowest BCUT2D eigenvalue weighted by Gasteiger charge is -2.16. The molecule has 3 nitrogen and oxygen atoms in total. The molecular formula is C13H18O3. The highest BCUT2D eigenvalue weighted by atomic mass is 16.5. The highest BCUT2D eigenvalue weighted by Gasteiger charge is 2.18. The van der Waals surface area contributed by atoms with Gasteiger partial charge in [0.25, 0.3) is 0 Å². The molecule has 0 bridgehead atoms. The maximum atomic E-state index is 11.2. The van der Waals surface area contributed by atoms with Crippen LogP contribution in [0.3, 0.4) is 0 Å². The van der Waals surface area contributed by atoms with E-state index in [-0.39, 0.29) is 5.92 Å². The molecule has 0 amide bonds. The van der Waals surface area contributed by atoms with Crippen LogP contribution in [0.25, 0.3) is 0 Å². The molecule has 1 aromatic rings. The van der Waals surface area contributed by atoms with Crippen LogP contribution < -0.4 is 4.74 Å². The summed E-state index contributed by atoms with van der Waals surface area (Å²) in [6, 6.07) is 3.58. The van der Waals surface area contributed by atoms with Gasteiger partial charge in [-0.25, -0.2) is 4.79 Å². The van der Waals surface area contributed by atoms with Crippen molar-refractivity contribution in [2.24, 2.45) is 0 Å². The van der Waals surface area contributed by atoms with E-state index < -0.39 is 5.97 Å². The quantitative estimate of drug-likeness (QED) is 0.850. The molecule has 16 heavy (non-hydrogen) atoms. The molecule has 1 unspecified atom stereocenters. The number of carbonyl (C=O) groups is 1. The van der Waals surface area contributed by atoms with Crippen LogP contribution in [0.4, 0.5) is 0 Å². The second-order valence-corrected chi connectivity index (χ2v) is 4.02. The summed E-state index contributed by atoms with van der Waals surface area (Å²) in [6.07, 6.45) is 0.910. The molecule has 1 aromatic carbocycles. The summed E-state index contributed by atoms with van der Waals surface area (Å²) in [5.74, 6) is 0.0770. The number of hydrogen-bond acceptors (Lipinski definition) is 2. The second-order valence-electron chi connectivity index (χ2n) is 4.02. The number of aromatic carboxylic acids is 1. The molecular weight excluding hydrogens is 204 g/mol. The smallest absolute Gasteiger partial charge is 0.336 e. The zero-order valence-corrected chi connectivity index (χ0v) is 10.2. The molecule has 0 aliphatic carbocycles. The predicted octanol–water partition coefficient (Wildman–Crippen LogP) is 3.22. The molecule has 1 N–H and O–H groups in total. The maximum Gasteiger partial charge on any atom is 0.336 e. The molecule has 0 aliphatic rings. The lowest BCUT2D eigenvalue weighted by molar-refractivity contribution is 0.0694. The van der Waals surface area contributed by atoms with E-state index in [0.29, 0.717) is 5.56 Å². The summed E-state index contributed by atoms with van der Waals surface area (Å²) in [4.78, 5) is 11.2. The number of carboxylic acids is 1. The van der Waals surface area contributed by atoms with Gasteiger partial charge in [0.15, 0.2) is 0 Å². The summed E-state index contributed by atoms with van der Waals surface area (Å²) < 4.78 is 5.17. The average Bonchev–Trinajstić information content (AvgIpc) is 2.26. The van der Waals surface area contributed by atoms with Crippen LogP contribution in [0.5, 0.6) is 5.75 Å². The number of carboxylic acid groups (broad SMARTS) is 1. The van der Waals surface area contributed by atoms with E-state index in [4.69, 9.17) is 4.74 Å². The largest absolute Gasteiger partial charge is 0.497 e. The van der Waals surface area contributed by atoms with E-state index in [1.807, 2.05) is 19.9 Å². The summed E-state index contributed by atoms with van der Waals surface area (Å²) in [5.41, 5.74) is 2.02. The van der Waals surface area contributed by atoms with E-state index in [2.05, 4.69) is 0 Å². The summed E-state index contributed by atoms with van der Waals surface area (Å²) in [7, 11) is 1.59. The third-order valence-electron chi connectivity index (χ3n) is 2.93. The van der Waals surface area contributed by atoms with Crippen molar-refractivity contribution in [3.05, 3.63) is 28.8 Å². The van der Waals surface area contributed by atoms with E-state index in [1.165, 1.54) is 0 Å². The van der Waals surface area contributed by atoms with Crippen molar-refractivity contribution in [3.63, 3.8) is 0 Å². The lowest BCUT2D eigenvalue weighted by Crippen LogP contribution is -2.08. The van der Waals surface area contributed by atoms with Gasteiger partial charge < -0.3 is 9.84 Å². The van der Waals surface area contributed by atoms with Crippen LogP contribution in [0, 0.1) is 6.92 Å². The summed E-state index contributed by atoms with van der Waals surface area (Å²) >= 11 is 0. The van der Waals surface area contributed by atoms with Crippen molar-refractivity contribution in [2.75, 3.05) is 7.11 Å². The van der Waals surface area contributed by atoms with Crippen molar-refractivity contribution < 1.29 is 14.6 Å². The molecule has 0 spiro atoms. The highest BCUT2D eigenvalue weighted by molar-refractivity contribution is 5.91. The van der Waals surface area contributed by atoms with Gasteiger partial charge in [0.1, 0.15) is 5.75 Å². The Hall–Kier alpha value is -1.51. The maximum absolute atomic E-state index is 11.2. The van der Waals surface area contributed by atoms with Crippen molar-refractivity contribution in [3.8, 4) is 5.75 Å². The Balaban J connectivity index is 3.40. The third kappa shape index (κ3) is 2.35. The van der Waals surface area contributed by atoms with Gasteiger partial charge >= 0.3 is 5.97 Å². The first-order valence-corrected chi connectivity index (χ1v) is 5.43. The number of rotatable bonds is 4. The first kappa shape index (κ1) is 12.6. The molecule has 1 atom stereocenters. The molecule has 0 aromatic heterocycles. The van der Waals surface area contributed by atoms with Crippen molar-refractivity contribution in [2.45, 2.75) is 33.1 Å². The Bertz CT molecular complexity index is 396. The average molecular weight is 222 g/mol. The van der Waals surface area contributed by atoms with Gasteiger partial charge in [-0.15, -0.1) is 0 Å². The van der Waals surface area contributed by atoms with Crippen LogP contribution in [-0.2, 0) is 0 Å². The minimum absolute atomic E-state index is 0.222. The van der Waals surface area contributed by atoms with Gasteiger partial charge in [-0.05, 0) is 42.5 Å². The normalized spacial score (nSPS) is 12.2. The Morgan fingerprint density at radius 2 is 2.12 bits per heavy atom. The van der Waals surface area contributed by atoms with Gasteiger partial charge in [0, 0.05) is 0 Å². The van der Waals surface area contributed by atoms with Gasteiger partial charge in [-0.3, -0.25) is 0 Å². The molecule has 1 rings (SSSR count). The third-order valence-corrected chi connectivity index (χ3v) is 2.93. The standard InChI is InChI=1S/C13H18O3/c1-5-8(2)11-7-10(16-4)6-9(3)12(11)13(14)15/h6-8H,5H2,1-4H3,(H,14,15). The van der Waals surface area contributed by atoms with Crippen molar-refractivity contribution in [1.82, 2.24) is 0 Å². The SMILES string of the molecule is CCC(C)c1cc(OC)cc(C)c1C(=O)O. The number of benzene rings is 1. The number of aryl methyl sites for hydroxylation is 1. The van der Waals surface area contributed by atoms with Gasteiger partial charge in [-0.1, -0.05) is 13.8 Å². The van der Waals surface area contributed by atoms with Crippen LogP contribution in [0.15, 0.2) is 12.1 Å². The fourth-order valence-corrected chi connectivity index (χ4v) is 1.80. The molecule has 0 fully saturated rings. The first-order chi connectivity index (χ1) is 7.51. The van der Waals surface area contributed by atoms with Crippen LogP contribution in [0.2, 0.25) is 0 Å². The summed E-state index contributed by atoms with van der Waals surface area (Å²) in [5, 5.41) is 9.21. The molecule has 0 saturated heterocycles. The van der Waals surface area contributed by atoms with E-state index >= 15 is 0 Å². The Kier molecular flexibility index (Phi) is 3.93. The molecule has 0 radical (unpaired) electrons. The van der Waals surface area contributed by atoms with E-state index in [0.717, 1.165) is 23.3 Å². The van der Waals surface area contributed by atoms with Crippen molar-refractivity contribution >= 4 is 5.97 Å². The van der Waals surface area contributed by atoms with Gasteiger partial charge in [0.05, 0.1) is 12.7 Å². The monoisotopic (exact) mass is 222 g/mol.